The van der Waals surface area contributed by atoms with Gasteiger partial charge in [-0.15, -0.1) is 0 Å². The van der Waals surface area contributed by atoms with Crippen molar-refractivity contribution < 1.29 is 23.6 Å². The molecule has 7 nitrogen and oxygen atoms in total. The van der Waals surface area contributed by atoms with E-state index in [9.17, 15) is 24.1 Å². The van der Waals surface area contributed by atoms with Gasteiger partial charge in [-0.05, 0) is 25.1 Å². The van der Waals surface area contributed by atoms with Gasteiger partial charge in [0.25, 0.3) is 11.6 Å². The van der Waals surface area contributed by atoms with Gasteiger partial charge >= 0.3 is 5.97 Å². The Hall–Kier alpha value is -3.00. The molecule has 2 aromatic carbocycles. The second-order valence-corrected chi connectivity index (χ2v) is 5.35. The number of nitrogens with zero attached hydrogens (tertiary/aromatic N) is 1. The smallest absolute Gasteiger partial charge is 0.340 e. The van der Waals surface area contributed by atoms with Crippen molar-refractivity contribution in [3.63, 3.8) is 0 Å². The van der Waals surface area contributed by atoms with Crippen LogP contribution >= 0.6 is 11.6 Å². The summed E-state index contributed by atoms with van der Waals surface area (Å²) in [6.07, 6.45) is -1.24. The van der Waals surface area contributed by atoms with E-state index < -0.39 is 28.7 Å². The van der Waals surface area contributed by atoms with Crippen molar-refractivity contribution in [2.45, 2.75) is 13.0 Å². The Balaban J connectivity index is 2.06. The lowest BCUT2D eigenvalue weighted by atomic mass is 10.2. The number of nitro benzene ring substituents is 1. The topological polar surface area (TPSA) is 98.5 Å². The van der Waals surface area contributed by atoms with Gasteiger partial charge in [0.2, 0.25) is 0 Å². The molecule has 25 heavy (non-hydrogen) atoms. The predicted molar refractivity (Wildman–Crippen MR) is 88.0 cm³/mol. The van der Waals surface area contributed by atoms with Crippen LogP contribution < -0.4 is 5.32 Å². The van der Waals surface area contributed by atoms with Gasteiger partial charge in [0, 0.05) is 12.1 Å². The van der Waals surface area contributed by atoms with E-state index in [-0.39, 0.29) is 22.0 Å². The summed E-state index contributed by atoms with van der Waals surface area (Å²) in [5.41, 5.74) is -0.464. The van der Waals surface area contributed by atoms with Crippen LogP contribution in [0.15, 0.2) is 42.5 Å². The first kappa shape index (κ1) is 18.3. The minimum Gasteiger partial charge on any atom is -0.449 e. The molecule has 1 amide bonds. The summed E-state index contributed by atoms with van der Waals surface area (Å²) in [6.45, 7) is 1.30. The quantitative estimate of drug-likeness (QED) is 0.495. The molecule has 0 radical (unpaired) electrons. The molecule has 1 atom stereocenters. The van der Waals surface area contributed by atoms with Crippen LogP contribution in [-0.4, -0.2) is 22.9 Å². The number of non-ortho nitro benzene ring substituents is 1. The number of halogens is 2. The fourth-order valence-electron chi connectivity index (χ4n) is 1.86. The molecule has 9 heteroatoms. The molecule has 0 heterocycles. The maximum Gasteiger partial charge on any atom is 0.340 e. The van der Waals surface area contributed by atoms with E-state index >= 15 is 0 Å². The average Bonchev–Trinajstić information content (AvgIpc) is 2.56. The van der Waals surface area contributed by atoms with Gasteiger partial charge in [-0.2, -0.15) is 0 Å². The summed E-state index contributed by atoms with van der Waals surface area (Å²) < 4.78 is 18.5. The van der Waals surface area contributed by atoms with Gasteiger partial charge < -0.3 is 10.1 Å². The lowest BCUT2D eigenvalue weighted by Gasteiger charge is -2.14. The summed E-state index contributed by atoms with van der Waals surface area (Å²) in [7, 11) is 0. The molecule has 0 spiro atoms. The largest absolute Gasteiger partial charge is 0.449 e. The first-order valence-corrected chi connectivity index (χ1v) is 7.37. The van der Waals surface area contributed by atoms with Crippen LogP contribution in [0.1, 0.15) is 17.3 Å². The highest BCUT2D eigenvalue weighted by molar-refractivity contribution is 6.33. The highest BCUT2D eigenvalue weighted by Crippen LogP contribution is 2.23. The lowest BCUT2D eigenvalue weighted by Crippen LogP contribution is -2.30. The number of hydrogen-bond acceptors (Lipinski definition) is 5. The van der Waals surface area contributed by atoms with E-state index in [0.717, 1.165) is 18.2 Å². The van der Waals surface area contributed by atoms with Crippen molar-refractivity contribution in [1.82, 2.24) is 0 Å². The highest BCUT2D eigenvalue weighted by atomic mass is 35.5. The van der Waals surface area contributed by atoms with Crippen LogP contribution in [-0.2, 0) is 9.53 Å². The monoisotopic (exact) mass is 366 g/mol. The fraction of sp³-hybridized carbons (Fsp3) is 0.125. The van der Waals surface area contributed by atoms with Crippen molar-refractivity contribution in [1.29, 1.82) is 0 Å². The number of benzene rings is 2. The molecular formula is C16H12ClFN2O5. The summed E-state index contributed by atoms with van der Waals surface area (Å²) >= 11 is 5.83. The Morgan fingerprint density at radius 3 is 2.56 bits per heavy atom. The van der Waals surface area contributed by atoms with Crippen LogP contribution in [0.5, 0.6) is 0 Å². The summed E-state index contributed by atoms with van der Waals surface area (Å²) in [6, 6.07) is 8.74. The number of anilines is 1. The van der Waals surface area contributed by atoms with Gasteiger partial charge in [0.05, 0.1) is 21.2 Å². The van der Waals surface area contributed by atoms with Crippen LogP contribution in [0.25, 0.3) is 0 Å². The standard InChI is InChI=1S/C16H12ClFN2O5/c1-9(15(21)19-14-5-3-2-4-13(14)18)25-16(22)11-7-6-10(20(23)24)8-12(11)17/h2-9H,1H3,(H,19,21). The van der Waals surface area contributed by atoms with Crippen molar-refractivity contribution >= 4 is 34.9 Å². The molecule has 1 N–H and O–H groups in total. The number of carbonyl (C=O) groups is 2. The molecule has 0 aliphatic carbocycles. The number of ether oxygens (including phenoxy) is 1. The molecule has 0 aliphatic heterocycles. The second kappa shape index (κ2) is 7.71. The van der Waals surface area contributed by atoms with Crippen molar-refractivity contribution in [2.24, 2.45) is 0 Å². The van der Waals surface area contributed by atoms with E-state index in [4.69, 9.17) is 16.3 Å². The predicted octanol–water partition coefficient (Wildman–Crippen LogP) is 3.57. The molecule has 0 bridgehead atoms. The molecule has 0 aliphatic rings. The first-order chi connectivity index (χ1) is 11.8. The Morgan fingerprint density at radius 1 is 1.28 bits per heavy atom. The zero-order valence-corrected chi connectivity index (χ0v) is 13.6. The number of rotatable bonds is 5. The third kappa shape index (κ3) is 4.51. The van der Waals surface area contributed by atoms with Crippen molar-refractivity contribution in [2.75, 3.05) is 5.32 Å². The molecule has 2 rings (SSSR count). The first-order valence-electron chi connectivity index (χ1n) is 7.00. The zero-order chi connectivity index (χ0) is 18.6. The minimum absolute atomic E-state index is 0.0521. The Kier molecular flexibility index (Phi) is 5.66. The number of para-hydroxylation sites is 1. The summed E-state index contributed by atoms with van der Waals surface area (Å²) in [5, 5.41) is 12.8. The zero-order valence-electron chi connectivity index (χ0n) is 12.9. The molecule has 1 unspecified atom stereocenters. The molecule has 0 saturated carbocycles. The van der Waals surface area contributed by atoms with Crippen LogP contribution in [0.2, 0.25) is 5.02 Å². The molecule has 0 fully saturated rings. The number of carbonyl (C=O) groups excluding carboxylic acids is 2. The van der Waals surface area contributed by atoms with Gasteiger partial charge in [-0.1, -0.05) is 23.7 Å². The Labute approximate surface area is 146 Å². The van der Waals surface area contributed by atoms with Gasteiger partial charge in [0.1, 0.15) is 5.82 Å². The van der Waals surface area contributed by atoms with Crippen LogP contribution in [0.4, 0.5) is 15.8 Å². The SMILES string of the molecule is CC(OC(=O)c1ccc([N+](=O)[O-])cc1Cl)C(=O)Nc1ccccc1F. The number of nitrogens with one attached hydrogen (secondary N) is 1. The lowest BCUT2D eigenvalue weighted by molar-refractivity contribution is -0.384. The van der Waals surface area contributed by atoms with Gasteiger partial charge in [-0.3, -0.25) is 14.9 Å². The molecular weight excluding hydrogens is 355 g/mol. The minimum atomic E-state index is -1.24. The number of amides is 1. The van der Waals surface area contributed by atoms with E-state index in [1.54, 1.807) is 0 Å². The second-order valence-electron chi connectivity index (χ2n) is 4.94. The number of hydrogen-bond donors (Lipinski definition) is 1. The molecule has 130 valence electrons. The third-order valence-corrected chi connectivity index (χ3v) is 3.48. The maximum absolute atomic E-state index is 13.5. The summed E-state index contributed by atoms with van der Waals surface area (Å²) in [5.74, 6) is -2.31. The van der Waals surface area contributed by atoms with Crippen molar-refractivity contribution in [3.8, 4) is 0 Å². The third-order valence-electron chi connectivity index (χ3n) is 3.17. The van der Waals surface area contributed by atoms with Gasteiger partial charge in [-0.25, -0.2) is 9.18 Å². The van der Waals surface area contributed by atoms with E-state index in [1.165, 1.54) is 31.2 Å². The van der Waals surface area contributed by atoms with Crippen molar-refractivity contribution in [3.05, 3.63) is 69.0 Å². The van der Waals surface area contributed by atoms with E-state index in [0.29, 0.717) is 0 Å². The Morgan fingerprint density at radius 2 is 1.96 bits per heavy atom. The molecule has 0 saturated heterocycles. The van der Waals surface area contributed by atoms with Gasteiger partial charge in [0.15, 0.2) is 6.10 Å². The molecule has 2 aromatic rings. The van der Waals surface area contributed by atoms with E-state index in [1.807, 2.05) is 0 Å². The average molecular weight is 367 g/mol. The van der Waals surface area contributed by atoms with E-state index in [2.05, 4.69) is 5.32 Å². The maximum atomic E-state index is 13.5. The molecule has 0 aromatic heterocycles. The normalized spacial score (nSPS) is 11.5. The van der Waals surface area contributed by atoms with Crippen LogP contribution in [0.3, 0.4) is 0 Å². The highest BCUT2D eigenvalue weighted by Gasteiger charge is 2.22. The number of esters is 1. The van der Waals surface area contributed by atoms with Crippen LogP contribution in [0, 0.1) is 15.9 Å². The summed E-state index contributed by atoms with van der Waals surface area (Å²) in [4.78, 5) is 34.0. The fourth-order valence-corrected chi connectivity index (χ4v) is 2.11. The Bertz CT molecular complexity index is 843. The number of nitro groups is 1.